The smallest absolute Gasteiger partial charge is 0.319 e. The van der Waals surface area contributed by atoms with E-state index in [-0.39, 0.29) is 18.3 Å². The number of hydrogen-bond acceptors (Lipinski definition) is 3. The van der Waals surface area contributed by atoms with Crippen molar-refractivity contribution in [3.8, 4) is 5.75 Å². The van der Waals surface area contributed by atoms with Crippen molar-refractivity contribution in [2.75, 3.05) is 25.1 Å². The summed E-state index contributed by atoms with van der Waals surface area (Å²) in [5.74, 6) is -0.134. The van der Waals surface area contributed by atoms with Crippen molar-refractivity contribution >= 4 is 11.7 Å². The van der Waals surface area contributed by atoms with Crippen molar-refractivity contribution in [1.82, 2.24) is 5.32 Å². The Hall–Kier alpha value is -2.60. The number of amides is 2. The predicted octanol–water partition coefficient (Wildman–Crippen LogP) is 3.51. The van der Waals surface area contributed by atoms with E-state index in [0.29, 0.717) is 25.3 Å². The first-order valence-electron chi connectivity index (χ1n) is 8.27. The van der Waals surface area contributed by atoms with E-state index in [0.717, 1.165) is 5.56 Å². The van der Waals surface area contributed by atoms with Crippen molar-refractivity contribution < 1.29 is 19.0 Å². The highest BCUT2D eigenvalue weighted by atomic mass is 19.1. The summed E-state index contributed by atoms with van der Waals surface area (Å²) in [6.07, 6.45) is 0.547. The fourth-order valence-electron chi connectivity index (χ4n) is 2.52. The molecule has 2 amide bonds. The zero-order chi connectivity index (χ0) is 18.1. The van der Waals surface area contributed by atoms with Crippen molar-refractivity contribution in [2.24, 2.45) is 0 Å². The number of anilines is 1. The van der Waals surface area contributed by atoms with Gasteiger partial charge in [-0.15, -0.1) is 0 Å². The summed E-state index contributed by atoms with van der Waals surface area (Å²) in [7, 11) is 0. The molecule has 3 N–H and O–H groups in total. The molecule has 1 atom stereocenters. The average molecular weight is 346 g/mol. The monoisotopic (exact) mass is 346 g/mol. The Morgan fingerprint density at radius 2 is 2.00 bits per heavy atom. The van der Waals surface area contributed by atoms with Crippen molar-refractivity contribution in [1.29, 1.82) is 0 Å². The van der Waals surface area contributed by atoms with Gasteiger partial charge < -0.3 is 20.5 Å². The Bertz CT molecular complexity index is 680. The van der Waals surface area contributed by atoms with E-state index >= 15 is 0 Å². The predicted molar refractivity (Wildman–Crippen MR) is 95.5 cm³/mol. The molecule has 25 heavy (non-hydrogen) atoms. The van der Waals surface area contributed by atoms with E-state index in [1.165, 1.54) is 18.2 Å². The number of carbonyl (C=O) groups is 1. The van der Waals surface area contributed by atoms with Crippen LogP contribution >= 0.6 is 0 Å². The van der Waals surface area contributed by atoms with Gasteiger partial charge in [-0.2, -0.15) is 0 Å². The molecular weight excluding hydrogens is 323 g/mol. The molecule has 0 heterocycles. The Labute approximate surface area is 146 Å². The second kappa shape index (κ2) is 9.64. The molecule has 0 aliphatic rings. The maximum absolute atomic E-state index is 13.3. The topological polar surface area (TPSA) is 70.6 Å². The van der Waals surface area contributed by atoms with E-state index in [1.54, 1.807) is 6.92 Å². The number of aliphatic hydroxyl groups excluding tert-OH is 1. The molecule has 2 aromatic rings. The Kier molecular flexibility index (Phi) is 7.22. The number of nitrogens with one attached hydrogen (secondary N) is 2. The first-order valence-corrected chi connectivity index (χ1v) is 8.27. The summed E-state index contributed by atoms with van der Waals surface area (Å²) in [6.45, 7) is 2.57. The van der Waals surface area contributed by atoms with Crippen LogP contribution in [0.4, 0.5) is 14.9 Å². The summed E-state index contributed by atoms with van der Waals surface area (Å²) in [4.78, 5) is 12.2. The SMILES string of the molecule is CCOc1cc(F)ccc1NC(=O)NCC(CCO)c1ccccc1. The Morgan fingerprint density at radius 1 is 1.24 bits per heavy atom. The third kappa shape index (κ3) is 5.76. The van der Waals surface area contributed by atoms with Crippen LogP contribution in [-0.4, -0.2) is 30.9 Å². The number of hydrogen-bond donors (Lipinski definition) is 3. The summed E-state index contributed by atoms with van der Waals surface area (Å²) >= 11 is 0. The van der Waals surface area contributed by atoms with Gasteiger partial charge in [0.05, 0.1) is 12.3 Å². The van der Waals surface area contributed by atoms with Gasteiger partial charge in [-0.3, -0.25) is 0 Å². The molecule has 6 heteroatoms. The molecule has 0 radical (unpaired) electrons. The number of ether oxygens (including phenoxy) is 1. The lowest BCUT2D eigenvalue weighted by atomic mass is 9.96. The largest absolute Gasteiger partial charge is 0.492 e. The molecule has 2 aromatic carbocycles. The van der Waals surface area contributed by atoms with Crippen LogP contribution in [-0.2, 0) is 0 Å². The minimum absolute atomic E-state index is 0.0107. The Morgan fingerprint density at radius 3 is 2.68 bits per heavy atom. The number of benzene rings is 2. The fraction of sp³-hybridized carbons (Fsp3) is 0.316. The van der Waals surface area contributed by atoms with Crippen LogP contribution in [0.15, 0.2) is 48.5 Å². The van der Waals surface area contributed by atoms with Crippen LogP contribution in [0.2, 0.25) is 0 Å². The summed E-state index contributed by atoms with van der Waals surface area (Å²) < 4.78 is 18.6. The molecule has 134 valence electrons. The van der Waals surface area contributed by atoms with E-state index in [2.05, 4.69) is 10.6 Å². The number of urea groups is 1. The molecule has 0 saturated heterocycles. The lowest BCUT2D eigenvalue weighted by molar-refractivity contribution is 0.247. The van der Waals surface area contributed by atoms with E-state index in [9.17, 15) is 14.3 Å². The van der Waals surface area contributed by atoms with Crippen LogP contribution in [0, 0.1) is 5.82 Å². The second-order valence-corrected chi connectivity index (χ2v) is 5.53. The van der Waals surface area contributed by atoms with E-state index < -0.39 is 11.8 Å². The fourth-order valence-corrected chi connectivity index (χ4v) is 2.52. The van der Waals surface area contributed by atoms with Crippen molar-refractivity contribution in [3.05, 3.63) is 59.9 Å². The van der Waals surface area contributed by atoms with E-state index in [4.69, 9.17) is 4.74 Å². The molecule has 0 spiro atoms. The molecule has 0 aromatic heterocycles. The van der Waals surface area contributed by atoms with Gasteiger partial charge in [-0.25, -0.2) is 9.18 Å². The number of halogens is 1. The number of rotatable bonds is 8. The number of aliphatic hydroxyl groups is 1. The zero-order valence-corrected chi connectivity index (χ0v) is 14.2. The van der Waals surface area contributed by atoms with Gasteiger partial charge in [-0.1, -0.05) is 30.3 Å². The minimum atomic E-state index is -0.429. The van der Waals surface area contributed by atoms with Gasteiger partial charge in [-0.05, 0) is 31.0 Å². The van der Waals surface area contributed by atoms with Crippen molar-refractivity contribution in [2.45, 2.75) is 19.3 Å². The maximum Gasteiger partial charge on any atom is 0.319 e. The summed E-state index contributed by atoms with van der Waals surface area (Å²) in [5, 5.41) is 14.7. The van der Waals surface area contributed by atoms with Gasteiger partial charge in [0.25, 0.3) is 0 Å². The molecular formula is C19H23FN2O3. The minimum Gasteiger partial charge on any atom is -0.492 e. The normalized spacial score (nSPS) is 11.6. The maximum atomic E-state index is 13.3. The third-order valence-electron chi connectivity index (χ3n) is 3.75. The highest BCUT2D eigenvalue weighted by Gasteiger charge is 2.14. The van der Waals surface area contributed by atoms with Gasteiger partial charge in [0.1, 0.15) is 11.6 Å². The van der Waals surface area contributed by atoms with Gasteiger partial charge in [0, 0.05) is 25.1 Å². The molecule has 0 aliphatic heterocycles. The van der Waals surface area contributed by atoms with Crippen LogP contribution in [0.1, 0.15) is 24.8 Å². The summed E-state index contributed by atoms with van der Waals surface area (Å²) in [5.41, 5.74) is 1.45. The first-order chi connectivity index (χ1) is 12.1. The van der Waals surface area contributed by atoms with Crippen LogP contribution in [0.3, 0.4) is 0 Å². The second-order valence-electron chi connectivity index (χ2n) is 5.53. The van der Waals surface area contributed by atoms with Gasteiger partial charge in [0.2, 0.25) is 0 Å². The molecule has 0 aliphatic carbocycles. The number of carbonyl (C=O) groups excluding carboxylic acids is 1. The highest BCUT2D eigenvalue weighted by molar-refractivity contribution is 5.90. The molecule has 0 saturated carbocycles. The van der Waals surface area contributed by atoms with Crippen LogP contribution in [0.25, 0.3) is 0 Å². The quantitative estimate of drug-likeness (QED) is 0.685. The summed E-state index contributed by atoms with van der Waals surface area (Å²) in [6, 6.07) is 13.2. The van der Waals surface area contributed by atoms with Crippen molar-refractivity contribution in [3.63, 3.8) is 0 Å². The van der Waals surface area contributed by atoms with Crippen LogP contribution in [0.5, 0.6) is 5.75 Å². The Balaban J connectivity index is 1.97. The standard InChI is InChI=1S/C19H23FN2O3/c1-2-25-18-12-16(20)8-9-17(18)22-19(24)21-13-15(10-11-23)14-6-4-3-5-7-14/h3-9,12,15,23H,2,10-11,13H2,1H3,(H2,21,22,24). The van der Waals surface area contributed by atoms with Crippen LogP contribution < -0.4 is 15.4 Å². The molecule has 1 unspecified atom stereocenters. The average Bonchev–Trinajstić information content (AvgIpc) is 2.62. The lowest BCUT2D eigenvalue weighted by Gasteiger charge is -2.18. The molecule has 0 bridgehead atoms. The third-order valence-corrected chi connectivity index (χ3v) is 3.75. The van der Waals surface area contributed by atoms with Gasteiger partial charge >= 0.3 is 6.03 Å². The molecule has 2 rings (SSSR count). The molecule has 5 nitrogen and oxygen atoms in total. The van der Waals surface area contributed by atoms with E-state index in [1.807, 2.05) is 30.3 Å². The first kappa shape index (κ1) is 18.7. The highest BCUT2D eigenvalue weighted by Crippen LogP contribution is 2.25. The molecule has 0 fully saturated rings. The van der Waals surface area contributed by atoms with Gasteiger partial charge in [0.15, 0.2) is 0 Å². The lowest BCUT2D eigenvalue weighted by Crippen LogP contribution is -2.32. The zero-order valence-electron chi connectivity index (χ0n) is 14.2.